The van der Waals surface area contributed by atoms with Crippen LogP contribution in [0.15, 0.2) is 102 Å². The van der Waals surface area contributed by atoms with Crippen molar-refractivity contribution in [3.63, 3.8) is 0 Å². The minimum absolute atomic E-state index is 0.0683. The third-order valence-electron chi connectivity index (χ3n) is 4.48. The summed E-state index contributed by atoms with van der Waals surface area (Å²) in [4.78, 5) is -0.0683. The summed E-state index contributed by atoms with van der Waals surface area (Å²) >= 11 is 0. The van der Waals surface area contributed by atoms with Crippen LogP contribution in [0.25, 0.3) is 21.9 Å². The Kier molecular flexibility index (Phi) is 7.29. The van der Waals surface area contributed by atoms with E-state index in [0.717, 1.165) is 5.56 Å². The van der Waals surface area contributed by atoms with E-state index in [9.17, 15) is 30.0 Å². The van der Waals surface area contributed by atoms with E-state index in [1.54, 1.807) is 54.6 Å². The molecule has 4 aromatic carbocycles. The Bertz CT molecular complexity index is 1500. The Balaban J connectivity index is 0.000000192. The van der Waals surface area contributed by atoms with E-state index in [2.05, 4.69) is 4.18 Å². The second kappa shape index (κ2) is 9.84. The van der Waals surface area contributed by atoms with E-state index in [1.165, 1.54) is 24.3 Å². The van der Waals surface area contributed by atoms with Crippen molar-refractivity contribution in [1.29, 1.82) is 0 Å². The fourth-order valence-corrected chi connectivity index (χ4v) is 4.17. The minimum Gasteiger partial charge on any atom is -0.375 e. The van der Waals surface area contributed by atoms with Gasteiger partial charge in [0.2, 0.25) is 0 Å². The molecule has 1 N–H and O–H groups in total. The second-order valence-corrected chi connectivity index (χ2v) is 9.73. The first-order valence-corrected chi connectivity index (χ1v) is 12.4. The SMILES string of the molecule is O=S(=O)(O)c1ccccc1-c1ccccc1.O=S(=O)(Oc1cccc2ccccc12)C(F)(F)F. The van der Waals surface area contributed by atoms with Gasteiger partial charge in [0, 0.05) is 10.9 Å². The highest BCUT2D eigenvalue weighted by Crippen LogP contribution is 2.31. The molecule has 4 aromatic rings. The first-order chi connectivity index (χ1) is 15.9. The van der Waals surface area contributed by atoms with Crippen molar-refractivity contribution in [3.8, 4) is 16.9 Å². The fraction of sp³-hybridized carbons (Fsp3) is 0.0435. The maximum absolute atomic E-state index is 12.2. The van der Waals surface area contributed by atoms with Crippen molar-refractivity contribution in [2.24, 2.45) is 0 Å². The van der Waals surface area contributed by atoms with Crippen molar-refractivity contribution in [2.75, 3.05) is 0 Å². The number of hydrogen-bond acceptors (Lipinski definition) is 5. The smallest absolute Gasteiger partial charge is 0.375 e. The van der Waals surface area contributed by atoms with Crippen molar-refractivity contribution < 1.29 is 38.7 Å². The lowest BCUT2D eigenvalue weighted by Gasteiger charge is -2.11. The number of hydrogen-bond donors (Lipinski definition) is 1. The molecule has 0 fully saturated rings. The molecule has 6 nitrogen and oxygen atoms in total. The number of benzene rings is 4. The molecule has 0 heterocycles. The van der Waals surface area contributed by atoms with Gasteiger partial charge in [-0.2, -0.15) is 30.0 Å². The summed E-state index contributed by atoms with van der Waals surface area (Å²) < 4.78 is 94.0. The Morgan fingerprint density at radius 1 is 0.676 bits per heavy atom. The third kappa shape index (κ3) is 5.93. The highest BCUT2D eigenvalue weighted by molar-refractivity contribution is 7.88. The number of halogens is 3. The van der Waals surface area contributed by atoms with Gasteiger partial charge in [-0.05, 0) is 23.1 Å². The molecule has 4 rings (SSSR count). The number of fused-ring (bicyclic) bond motifs is 1. The van der Waals surface area contributed by atoms with Crippen LogP contribution in [0, 0.1) is 0 Å². The van der Waals surface area contributed by atoms with Gasteiger partial charge in [0.25, 0.3) is 10.1 Å². The molecule has 0 aliphatic carbocycles. The van der Waals surface area contributed by atoms with Crippen LogP contribution in [-0.4, -0.2) is 26.9 Å². The predicted octanol–water partition coefficient (Wildman–Crippen LogP) is 5.67. The summed E-state index contributed by atoms with van der Waals surface area (Å²) in [5, 5.41) is 0.889. The number of rotatable bonds is 4. The molecule has 34 heavy (non-hydrogen) atoms. The molecule has 0 aliphatic rings. The summed E-state index contributed by atoms with van der Waals surface area (Å²) in [5.41, 5.74) is -4.18. The molecule has 0 aliphatic heterocycles. The quantitative estimate of drug-likeness (QED) is 0.216. The van der Waals surface area contributed by atoms with Crippen LogP contribution < -0.4 is 4.18 Å². The van der Waals surface area contributed by atoms with Crippen molar-refractivity contribution in [3.05, 3.63) is 97.1 Å². The van der Waals surface area contributed by atoms with Crippen molar-refractivity contribution >= 4 is 31.0 Å². The zero-order chi connectivity index (χ0) is 25.0. The minimum atomic E-state index is -5.64. The highest BCUT2D eigenvalue weighted by atomic mass is 32.2. The summed E-state index contributed by atoms with van der Waals surface area (Å²) in [6.07, 6.45) is 0. The monoisotopic (exact) mass is 510 g/mol. The molecule has 0 unspecified atom stereocenters. The maximum Gasteiger partial charge on any atom is 0.534 e. The Morgan fingerprint density at radius 3 is 1.88 bits per heavy atom. The van der Waals surface area contributed by atoms with Crippen molar-refractivity contribution in [1.82, 2.24) is 0 Å². The van der Waals surface area contributed by atoms with Gasteiger partial charge in [0.1, 0.15) is 4.90 Å². The average molecular weight is 511 g/mol. The second-order valence-electron chi connectivity index (χ2n) is 6.80. The Hall–Kier alpha value is -3.41. The summed E-state index contributed by atoms with van der Waals surface area (Å²) in [6.45, 7) is 0. The lowest BCUT2D eigenvalue weighted by molar-refractivity contribution is -0.0499. The van der Waals surface area contributed by atoms with Gasteiger partial charge in [-0.3, -0.25) is 4.55 Å². The van der Waals surface area contributed by atoms with E-state index in [-0.39, 0.29) is 10.6 Å². The van der Waals surface area contributed by atoms with Gasteiger partial charge in [-0.25, -0.2) is 0 Å². The van der Waals surface area contributed by atoms with Crippen LogP contribution in [0.1, 0.15) is 0 Å². The van der Waals surface area contributed by atoms with Crippen LogP contribution in [0.5, 0.6) is 5.75 Å². The van der Waals surface area contributed by atoms with Crippen LogP contribution in [0.2, 0.25) is 0 Å². The standard InChI is InChI=1S/C12H10O3S.C11H7F3O3S/c13-16(14,15)12-9-5-4-8-11(12)10-6-2-1-3-7-10;12-11(13,14)18(15,16)17-10-7-3-5-8-4-1-2-6-9(8)10/h1-9H,(H,13,14,15);1-7H. The maximum atomic E-state index is 12.2. The van der Waals surface area contributed by atoms with Gasteiger partial charge in [0.05, 0.1) is 0 Å². The van der Waals surface area contributed by atoms with Crippen LogP contribution in [0.4, 0.5) is 13.2 Å². The lowest BCUT2D eigenvalue weighted by Crippen LogP contribution is -2.28. The number of alkyl halides is 3. The predicted molar refractivity (Wildman–Crippen MR) is 121 cm³/mol. The van der Waals surface area contributed by atoms with Crippen LogP contribution >= 0.6 is 0 Å². The molecule has 11 heteroatoms. The normalized spacial score (nSPS) is 12.0. The van der Waals surface area contributed by atoms with E-state index >= 15 is 0 Å². The molecule has 0 spiro atoms. The van der Waals surface area contributed by atoms with E-state index in [4.69, 9.17) is 4.55 Å². The molecule has 0 radical (unpaired) electrons. The third-order valence-corrected chi connectivity index (χ3v) is 6.36. The largest absolute Gasteiger partial charge is 0.534 e. The van der Waals surface area contributed by atoms with Crippen LogP contribution in [0.3, 0.4) is 0 Å². The Labute approximate surface area is 194 Å². The molecule has 0 amide bonds. The summed E-state index contributed by atoms with van der Waals surface area (Å²) in [7, 11) is -9.82. The molecule has 0 bridgehead atoms. The average Bonchev–Trinajstić information content (AvgIpc) is 2.79. The fourth-order valence-electron chi connectivity index (χ4n) is 2.98. The van der Waals surface area contributed by atoms with Gasteiger partial charge >= 0.3 is 15.6 Å². The summed E-state index contributed by atoms with van der Waals surface area (Å²) in [5.74, 6) is -0.342. The van der Waals surface area contributed by atoms with Crippen molar-refractivity contribution in [2.45, 2.75) is 10.4 Å². The lowest BCUT2D eigenvalue weighted by atomic mass is 10.1. The first kappa shape index (κ1) is 25.2. The zero-order valence-corrected chi connectivity index (χ0v) is 18.8. The molecule has 0 saturated heterocycles. The molecule has 0 atom stereocenters. The molecular weight excluding hydrogens is 493 g/mol. The highest BCUT2D eigenvalue weighted by Gasteiger charge is 2.48. The topological polar surface area (TPSA) is 97.7 Å². The Morgan fingerprint density at radius 2 is 1.24 bits per heavy atom. The molecule has 178 valence electrons. The van der Waals surface area contributed by atoms with Gasteiger partial charge < -0.3 is 4.18 Å². The summed E-state index contributed by atoms with van der Waals surface area (Å²) in [6, 6.07) is 26.1. The molecular formula is C23H17F3O6S2. The first-order valence-electron chi connectivity index (χ1n) is 9.50. The van der Waals surface area contributed by atoms with Gasteiger partial charge in [-0.1, -0.05) is 84.9 Å². The van der Waals surface area contributed by atoms with E-state index in [0.29, 0.717) is 16.3 Å². The van der Waals surface area contributed by atoms with E-state index in [1.807, 2.05) is 18.2 Å². The van der Waals surface area contributed by atoms with Gasteiger partial charge in [0.15, 0.2) is 5.75 Å². The van der Waals surface area contributed by atoms with Gasteiger partial charge in [-0.15, -0.1) is 0 Å². The zero-order valence-electron chi connectivity index (χ0n) is 17.2. The van der Waals surface area contributed by atoms with Crippen LogP contribution in [-0.2, 0) is 20.2 Å². The van der Waals surface area contributed by atoms with E-state index < -0.39 is 25.7 Å². The molecule has 0 aromatic heterocycles. The molecule has 0 saturated carbocycles.